The van der Waals surface area contributed by atoms with Gasteiger partial charge in [-0.25, -0.2) is 21.6 Å². The van der Waals surface area contributed by atoms with Crippen LogP contribution < -0.4 is 10.5 Å². The Bertz CT molecular complexity index is 414. The fraction of sp³-hybridized carbons (Fsp3) is 1.00. The van der Waals surface area contributed by atoms with Gasteiger partial charge in [-0.05, 0) is 13.3 Å². The molecule has 0 aromatic carbocycles. The molecule has 15 heavy (non-hydrogen) atoms. The summed E-state index contributed by atoms with van der Waals surface area (Å²) in [5, 5.41) is -0.823. The van der Waals surface area contributed by atoms with Crippen molar-refractivity contribution in [2.24, 2.45) is 5.73 Å². The van der Waals surface area contributed by atoms with Crippen LogP contribution in [-0.2, 0) is 19.9 Å². The molecule has 1 heterocycles. The second kappa shape index (κ2) is 4.36. The first kappa shape index (κ1) is 12.9. The minimum Gasteiger partial charge on any atom is -0.329 e. The van der Waals surface area contributed by atoms with E-state index in [9.17, 15) is 16.8 Å². The lowest BCUT2D eigenvalue weighted by Crippen LogP contribution is -2.43. The Morgan fingerprint density at radius 1 is 1.53 bits per heavy atom. The van der Waals surface area contributed by atoms with Gasteiger partial charge < -0.3 is 5.73 Å². The molecule has 1 aliphatic heterocycles. The Hall–Kier alpha value is -0.180. The SMILES string of the molecule is C[C@H](CN)NS(=O)(=O)C1CCS(=O)(=O)C1. The topological polar surface area (TPSA) is 106 Å². The van der Waals surface area contributed by atoms with Crippen LogP contribution in [-0.4, -0.2) is 46.2 Å². The molecule has 6 nitrogen and oxygen atoms in total. The molecule has 1 fully saturated rings. The van der Waals surface area contributed by atoms with Gasteiger partial charge in [-0.3, -0.25) is 0 Å². The third kappa shape index (κ3) is 3.40. The van der Waals surface area contributed by atoms with Crippen LogP contribution in [0.5, 0.6) is 0 Å². The van der Waals surface area contributed by atoms with Gasteiger partial charge in [0, 0.05) is 12.6 Å². The summed E-state index contributed by atoms with van der Waals surface area (Å²) in [6.45, 7) is 1.83. The van der Waals surface area contributed by atoms with E-state index in [0.29, 0.717) is 0 Å². The van der Waals surface area contributed by atoms with Gasteiger partial charge in [-0.15, -0.1) is 0 Å². The Morgan fingerprint density at radius 2 is 2.13 bits per heavy atom. The zero-order chi connectivity index (χ0) is 11.7. The van der Waals surface area contributed by atoms with Gasteiger partial charge in [0.2, 0.25) is 10.0 Å². The van der Waals surface area contributed by atoms with E-state index in [4.69, 9.17) is 5.73 Å². The fourth-order valence-corrected chi connectivity index (χ4v) is 5.74. The second-order valence-corrected chi connectivity index (χ2v) is 8.05. The Labute approximate surface area is 90.2 Å². The van der Waals surface area contributed by atoms with Crippen molar-refractivity contribution < 1.29 is 16.8 Å². The van der Waals surface area contributed by atoms with Crippen LogP contribution in [0.3, 0.4) is 0 Å². The van der Waals surface area contributed by atoms with Crippen LogP contribution in [0.1, 0.15) is 13.3 Å². The van der Waals surface area contributed by atoms with E-state index < -0.39 is 25.1 Å². The lowest BCUT2D eigenvalue weighted by Gasteiger charge is -2.15. The molecule has 0 amide bonds. The zero-order valence-corrected chi connectivity index (χ0v) is 10.1. The summed E-state index contributed by atoms with van der Waals surface area (Å²) in [5.74, 6) is -0.324. The number of sulfonamides is 1. The van der Waals surface area contributed by atoms with E-state index in [0.717, 1.165) is 0 Å². The van der Waals surface area contributed by atoms with E-state index in [1.807, 2.05) is 0 Å². The van der Waals surface area contributed by atoms with Crippen molar-refractivity contribution in [2.45, 2.75) is 24.6 Å². The molecular weight excluding hydrogens is 240 g/mol. The molecule has 90 valence electrons. The van der Waals surface area contributed by atoms with Crippen LogP contribution >= 0.6 is 0 Å². The van der Waals surface area contributed by atoms with E-state index in [-0.39, 0.29) is 30.5 Å². The first-order valence-electron chi connectivity index (χ1n) is 4.68. The highest BCUT2D eigenvalue weighted by atomic mass is 32.2. The third-order valence-electron chi connectivity index (χ3n) is 2.35. The van der Waals surface area contributed by atoms with Gasteiger partial charge in [0.15, 0.2) is 9.84 Å². The monoisotopic (exact) mass is 256 g/mol. The highest BCUT2D eigenvalue weighted by Crippen LogP contribution is 2.18. The minimum absolute atomic E-state index is 0.0460. The number of hydrogen-bond donors (Lipinski definition) is 2. The van der Waals surface area contributed by atoms with Crippen molar-refractivity contribution >= 4 is 19.9 Å². The number of nitrogens with one attached hydrogen (secondary N) is 1. The van der Waals surface area contributed by atoms with E-state index >= 15 is 0 Å². The van der Waals surface area contributed by atoms with Crippen molar-refractivity contribution in [1.29, 1.82) is 0 Å². The molecule has 2 atom stereocenters. The lowest BCUT2D eigenvalue weighted by molar-refractivity contribution is 0.550. The molecule has 1 rings (SSSR count). The van der Waals surface area contributed by atoms with Gasteiger partial charge in [0.05, 0.1) is 16.8 Å². The molecule has 0 aliphatic carbocycles. The van der Waals surface area contributed by atoms with Gasteiger partial charge in [-0.2, -0.15) is 0 Å². The van der Waals surface area contributed by atoms with Gasteiger partial charge in [0.1, 0.15) is 0 Å². The molecule has 0 aromatic heterocycles. The molecule has 1 aliphatic rings. The molecule has 0 aromatic rings. The average Bonchev–Trinajstić information content (AvgIpc) is 2.45. The largest absolute Gasteiger partial charge is 0.329 e. The van der Waals surface area contributed by atoms with Crippen molar-refractivity contribution in [3.05, 3.63) is 0 Å². The molecule has 0 radical (unpaired) electrons. The Kier molecular flexibility index (Phi) is 3.75. The maximum absolute atomic E-state index is 11.7. The molecule has 0 saturated carbocycles. The van der Waals surface area contributed by atoms with Gasteiger partial charge in [0.25, 0.3) is 0 Å². The summed E-state index contributed by atoms with van der Waals surface area (Å²) >= 11 is 0. The number of nitrogens with two attached hydrogens (primary N) is 1. The summed E-state index contributed by atoms with van der Waals surface area (Å²) in [6.07, 6.45) is 0.176. The summed E-state index contributed by atoms with van der Waals surface area (Å²) in [6, 6.07) is -0.363. The average molecular weight is 256 g/mol. The molecule has 0 bridgehead atoms. The van der Waals surface area contributed by atoms with Crippen molar-refractivity contribution in [3.63, 3.8) is 0 Å². The van der Waals surface area contributed by atoms with Gasteiger partial charge in [-0.1, -0.05) is 0 Å². The Morgan fingerprint density at radius 3 is 2.53 bits per heavy atom. The van der Waals surface area contributed by atoms with E-state index in [2.05, 4.69) is 4.72 Å². The van der Waals surface area contributed by atoms with E-state index in [1.54, 1.807) is 6.92 Å². The van der Waals surface area contributed by atoms with E-state index in [1.165, 1.54) is 0 Å². The first-order valence-corrected chi connectivity index (χ1v) is 8.05. The smallest absolute Gasteiger partial charge is 0.215 e. The summed E-state index contributed by atoms with van der Waals surface area (Å²) < 4.78 is 47.9. The third-order valence-corrected chi connectivity index (χ3v) is 6.34. The highest BCUT2D eigenvalue weighted by molar-refractivity contribution is 7.95. The number of rotatable bonds is 4. The maximum atomic E-state index is 11.7. The standard InChI is InChI=1S/C7H16N2O4S2/c1-6(4-8)9-15(12,13)7-2-3-14(10,11)5-7/h6-7,9H,2-5,8H2,1H3/t6-,7?/m1/s1. The van der Waals surface area contributed by atoms with Gasteiger partial charge >= 0.3 is 0 Å². The molecule has 0 spiro atoms. The van der Waals surface area contributed by atoms with Crippen LogP contribution in [0.4, 0.5) is 0 Å². The van der Waals surface area contributed by atoms with Crippen LogP contribution in [0.2, 0.25) is 0 Å². The van der Waals surface area contributed by atoms with Crippen molar-refractivity contribution in [2.75, 3.05) is 18.1 Å². The predicted molar refractivity (Wildman–Crippen MR) is 57.6 cm³/mol. The summed E-state index contributed by atoms with van der Waals surface area (Å²) in [7, 11) is -6.72. The Balaban J connectivity index is 2.72. The maximum Gasteiger partial charge on any atom is 0.215 e. The normalized spacial score (nSPS) is 27.7. The van der Waals surface area contributed by atoms with Crippen molar-refractivity contribution in [3.8, 4) is 0 Å². The fourth-order valence-electron chi connectivity index (χ4n) is 1.43. The molecule has 8 heteroatoms. The molecule has 1 unspecified atom stereocenters. The van der Waals surface area contributed by atoms with Crippen LogP contribution in [0.25, 0.3) is 0 Å². The van der Waals surface area contributed by atoms with Crippen molar-refractivity contribution in [1.82, 2.24) is 4.72 Å². The summed E-state index contributed by atoms with van der Waals surface area (Å²) in [4.78, 5) is 0. The van der Waals surface area contributed by atoms with Crippen LogP contribution in [0, 0.1) is 0 Å². The molecular formula is C7H16N2O4S2. The highest BCUT2D eigenvalue weighted by Gasteiger charge is 2.37. The predicted octanol–water partition coefficient (Wildman–Crippen LogP) is -1.56. The lowest BCUT2D eigenvalue weighted by atomic mass is 10.4. The summed E-state index contributed by atoms with van der Waals surface area (Å²) in [5.41, 5.74) is 5.29. The minimum atomic E-state index is -3.55. The second-order valence-electron chi connectivity index (χ2n) is 3.82. The van der Waals surface area contributed by atoms with Crippen LogP contribution in [0.15, 0.2) is 0 Å². The first-order chi connectivity index (χ1) is 6.77. The molecule has 1 saturated heterocycles. The number of sulfone groups is 1. The zero-order valence-electron chi connectivity index (χ0n) is 8.51. The quantitative estimate of drug-likeness (QED) is 0.632. The molecule has 3 N–H and O–H groups in total. The number of hydrogen-bond acceptors (Lipinski definition) is 5.